The Morgan fingerprint density at radius 2 is 1.50 bits per heavy atom. The Balaban J connectivity index is 2.01. The summed E-state index contributed by atoms with van der Waals surface area (Å²) in [4.78, 5) is 0. The molecule has 0 spiro atoms. The molecule has 0 saturated carbocycles. The van der Waals surface area contributed by atoms with E-state index in [1.165, 1.54) is 16.3 Å². The lowest BCUT2D eigenvalue weighted by Crippen LogP contribution is -2.05. The molecule has 3 rings (SSSR count). The van der Waals surface area contributed by atoms with E-state index in [-0.39, 0.29) is 0 Å². The third-order valence-corrected chi connectivity index (χ3v) is 3.47. The van der Waals surface area contributed by atoms with Crippen LogP contribution < -0.4 is 0 Å². The fourth-order valence-electron chi connectivity index (χ4n) is 2.45. The Hall–Kier alpha value is -2.61. The molecule has 0 fully saturated rings. The average Bonchev–Trinajstić information content (AvgIpc) is 2.53. The predicted molar refractivity (Wildman–Crippen MR) is 82.4 cm³/mol. The van der Waals surface area contributed by atoms with Gasteiger partial charge in [0.05, 0.1) is 5.71 Å². The second-order valence-corrected chi connectivity index (χ2v) is 4.73. The molecule has 0 amide bonds. The first-order valence-electron chi connectivity index (χ1n) is 6.61. The van der Waals surface area contributed by atoms with Crippen LogP contribution in [-0.4, -0.2) is 10.9 Å². The molecule has 0 saturated heterocycles. The van der Waals surface area contributed by atoms with Crippen molar-refractivity contribution in [2.45, 2.75) is 6.42 Å². The van der Waals surface area contributed by atoms with Crippen molar-refractivity contribution in [1.29, 1.82) is 0 Å². The molecule has 1 N–H and O–H groups in total. The topological polar surface area (TPSA) is 32.6 Å². The van der Waals surface area contributed by atoms with Crippen molar-refractivity contribution >= 4 is 16.5 Å². The van der Waals surface area contributed by atoms with Gasteiger partial charge in [0.2, 0.25) is 0 Å². The number of hydrogen-bond donors (Lipinski definition) is 1. The van der Waals surface area contributed by atoms with E-state index in [0.717, 1.165) is 5.56 Å². The van der Waals surface area contributed by atoms with Crippen LogP contribution in [-0.2, 0) is 6.42 Å². The fourth-order valence-corrected chi connectivity index (χ4v) is 2.45. The lowest BCUT2D eigenvalue weighted by molar-refractivity contribution is 0.318. The van der Waals surface area contributed by atoms with E-state index in [0.29, 0.717) is 12.1 Å². The van der Waals surface area contributed by atoms with Crippen LogP contribution in [0.15, 0.2) is 78.0 Å². The molecule has 98 valence electrons. The van der Waals surface area contributed by atoms with Crippen molar-refractivity contribution in [3.63, 3.8) is 0 Å². The summed E-state index contributed by atoms with van der Waals surface area (Å²) in [5, 5.41) is 15.2. The summed E-state index contributed by atoms with van der Waals surface area (Å²) >= 11 is 0. The van der Waals surface area contributed by atoms with Gasteiger partial charge in [0, 0.05) is 6.42 Å². The molecule has 2 nitrogen and oxygen atoms in total. The number of oxime groups is 1. The highest BCUT2D eigenvalue weighted by atomic mass is 16.4. The van der Waals surface area contributed by atoms with Crippen molar-refractivity contribution in [1.82, 2.24) is 0 Å². The minimum atomic E-state index is 0.613. The molecule has 3 aromatic carbocycles. The molecule has 20 heavy (non-hydrogen) atoms. The Kier molecular flexibility index (Phi) is 3.46. The highest BCUT2D eigenvalue weighted by Crippen LogP contribution is 2.20. The number of nitrogens with zero attached hydrogens (tertiary/aromatic N) is 1. The van der Waals surface area contributed by atoms with Crippen LogP contribution in [0.1, 0.15) is 11.1 Å². The fraction of sp³-hybridized carbons (Fsp3) is 0.0556. The van der Waals surface area contributed by atoms with Crippen LogP contribution in [0.4, 0.5) is 0 Å². The first kappa shape index (κ1) is 12.4. The molecule has 0 aromatic heterocycles. The van der Waals surface area contributed by atoms with E-state index in [2.05, 4.69) is 29.4 Å². The highest BCUT2D eigenvalue weighted by Gasteiger charge is 2.08. The van der Waals surface area contributed by atoms with Crippen LogP contribution in [0.25, 0.3) is 10.8 Å². The summed E-state index contributed by atoms with van der Waals surface area (Å²) in [5.41, 5.74) is 2.80. The summed E-state index contributed by atoms with van der Waals surface area (Å²) in [6.07, 6.45) is 0.613. The SMILES string of the molecule is O/N=C(\Cc1cccc2ccccc12)c1ccccc1. The maximum absolute atomic E-state index is 9.30. The molecular weight excluding hydrogens is 246 g/mol. The molecule has 3 aromatic rings. The first-order chi connectivity index (χ1) is 9.88. The largest absolute Gasteiger partial charge is 0.411 e. The van der Waals surface area contributed by atoms with Gasteiger partial charge in [-0.15, -0.1) is 0 Å². The normalized spacial score (nSPS) is 11.7. The molecular formula is C18H15NO. The van der Waals surface area contributed by atoms with Crippen LogP contribution in [0.3, 0.4) is 0 Å². The Morgan fingerprint density at radius 3 is 2.30 bits per heavy atom. The molecule has 0 unspecified atom stereocenters. The van der Waals surface area contributed by atoms with Gasteiger partial charge in [-0.05, 0) is 21.9 Å². The summed E-state index contributed by atoms with van der Waals surface area (Å²) in [6, 6.07) is 24.2. The maximum atomic E-state index is 9.30. The summed E-state index contributed by atoms with van der Waals surface area (Å²) in [5.74, 6) is 0. The zero-order valence-electron chi connectivity index (χ0n) is 11.0. The van der Waals surface area contributed by atoms with Gasteiger partial charge in [0.25, 0.3) is 0 Å². The molecule has 0 radical (unpaired) electrons. The van der Waals surface area contributed by atoms with Gasteiger partial charge in [-0.1, -0.05) is 78.0 Å². The highest BCUT2D eigenvalue weighted by molar-refractivity contribution is 6.03. The average molecular weight is 261 g/mol. The van der Waals surface area contributed by atoms with Crippen molar-refractivity contribution in [2.24, 2.45) is 5.16 Å². The second-order valence-electron chi connectivity index (χ2n) is 4.73. The lowest BCUT2D eigenvalue weighted by atomic mass is 9.97. The van der Waals surface area contributed by atoms with Gasteiger partial charge in [0.15, 0.2) is 0 Å². The van der Waals surface area contributed by atoms with Gasteiger partial charge >= 0.3 is 0 Å². The zero-order chi connectivity index (χ0) is 13.8. The molecule has 0 heterocycles. The lowest BCUT2D eigenvalue weighted by Gasteiger charge is -2.08. The third-order valence-electron chi connectivity index (χ3n) is 3.47. The second kappa shape index (κ2) is 5.57. The van der Waals surface area contributed by atoms with Crippen LogP contribution in [0, 0.1) is 0 Å². The number of hydrogen-bond acceptors (Lipinski definition) is 2. The van der Waals surface area contributed by atoms with Gasteiger partial charge in [-0.2, -0.15) is 0 Å². The smallest absolute Gasteiger partial charge is 0.0911 e. The molecule has 0 aliphatic rings. The van der Waals surface area contributed by atoms with Gasteiger partial charge in [-0.25, -0.2) is 0 Å². The van der Waals surface area contributed by atoms with Crippen molar-refractivity contribution in [2.75, 3.05) is 0 Å². The number of rotatable bonds is 3. The van der Waals surface area contributed by atoms with E-state index in [1.54, 1.807) is 0 Å². The van der Waals surface area contributed by atoms with E-state index in [4.69, 9.17) is 0 Å². The minimum absolute atomic E-state index is 0.613. The molecule has 0 aliphatic heterocycles. The summed E-state index contributed by atoms with van der Waals surface area (Å²) in [6.45, 7) is 0. The zero-order valence-corrected chi connectivity index (χ0v) is 11.0. The number of fused-ring (bicyclic) bond motifs is 1. The van der Waals surface area contributed by atoms with E-state index >= 15 is 0 Å². The van der Waals surface area contributed by atoms with Crippen molar-refractivity contribution < 1.29 is 5.21 Å². The van der Waals surface area contributed by atoms with Gasteiger partial charge in [-0.3, -0.25) is 0 Å². The molecule has 0 aliphatic carbocycles. The molecule has 0 atom stereocenters. The van der Waals surface area contributed by atoms with E-state index in [9.17, 15) is 5.21 Å². The molecule has 2 heteroatoms. The van der Waals surface area contributed by atoms with Gasteiger partial charge in [0.1, 0.15) is 0 Å². The predicted octanol–water partition coefficient (Wildman–Crippen LogP) is 4.26. The van der Waals surface area contributed by atoms with Crippen LogP contribution in [0.2, 0.25) is 0 Å². The van der Waals surface area contributed by atoms with E-state index < -0.39 is 0 Å². The minimum Gasteiger partial charge on any atom is -0.411 e. The van der Waals surface area contributed by atoms with Crippen molar-refractivity contribution in [3.8, 4) is 0 Å². The van der Waals surface area contributed by atoms with E-state index in [1.807, 2.05) is 48.5 Å². The standard InChI is InChI=1S/C18H15NO/c20-19-18(15-8-2-1-3-9-15)13-16-11-6-10-14-7-4-5-12-17(14)16/h1-12,20H,13H2/b19-18+. The summed E-state index contributed by atoms with van der Waals surface area (Å²) < 4.78 is 0. The number of benzene rings is 3. The van der Waals surface area contributed by atoms with Crippen LogP contribution in [0.5, 0.6) is 0 Å². The molecule has 0 bridgehead atoms. The Morgan fingerprint density at radius 1 is 0.800 bits per heavy atom. The summed E-state index contributed by atoms with van der Waals surface area (Å²) in [7, 11) is 0. The first-order valence-corrected chi connectivity index (χ1v) is 6.61. The quantitative estimate of drug-likeness (QED) is 0.426. The van der Waals surface area contributed by atoms with Crippen molar-refractivity contribution in [3.05, 3.63) is 83.9 Å². The Bertz CT molecular complexity index is 742. The maximum Gasteiger partial charge on any atom is 0.0911 e. The third kappa shape index (κ3) is 2.41. The Labute approximate surface area is 118 Å². The van der Waals surface area contributed by atoms with Gasteiger partial charge < -0.3 is 5.21 Å². The van der Waals surface area contributed by atoms with Crippen LogP contribution >= 0.6 is 0 Å². The monoisotopic (exact) mass is 261 g/mol.